The monoisotopic (exact) mass is 283 g/mol. The summed E-state index contributed by atoms with van der Waals surface area (Å²) in [6.45, 7) is 1.47. The van der Waals surface area contributed by atoms with Gasteiger partial charge in [0.2, 0.25) is 0 Å². The summed E-state index contributed by atoms with van der Waals surface area (Å²) in [6, 6.07) is 18.2. The van der Waals surface area contributed by atoms with Gasteiger partial charge in [-0.25, -0.2) is 0 Å². The average Bonchev–Trinajstić information content (AvgIpc) is 2.96. The van der Waals surface area contributed by atoms with E-state index in [-0.39, 0.29) is 5.92 Å². The number of methoxy groups -OCH3 is 1. The van der Waals surface area contributed by atoms with Gasteiger partial charge in [-0.15, -0.1) is 0 Å². The molecule has 1 heterocycles. The third kappa shape index (κ3) is 2.80. The van der Waals surface area contributed by atoms with Crippen LogP contribution in [-0.2, 0) is 0 Å². The summed E-state index contributed by atoms with van der Waals surface area (Å²) < 4.78 is 5.34. The molecule has 3 heteroatoms. The van der Waals surface area contributed by atoms with Gasteiger partial charge < -0.3 is 15.2 Å². The van der Waals surface area contributed by atoms with Gasteiger partial charge in [0, 0.05) is 12.5 Å². The van der Waals surface area contributed by atoms with Crippen molar-refractivity contribution in [2.24, 2.45) is 0 Å². The number of hydrogen-bond acceptors (Lipinski definition) is 3. The lowest BCUT2D eigenvalue weighted by molar-refractivity contribution is 0.0442. The van der Waals surface area contributed by atoms with Crippen LogP contribution in [-0.4, -0.2) is 30.9 Å². The van der Waals surface area contributed by atoms with E-state index < -0.39 is 5.60 Å². The van der Waals surface area contributed by atoms with Gasteiger partial charge in [-0.05, 0) is 36.2 Å². The molecule has 1 aliphatic heterocycles. The molecule has 0 aliphatic carbocycles. The molecular formula is C18H21NO2. The number of benzene rings is 2. The molecule has 2 aromatic carbocycles. The van der Waals surface area contributed by atoms with Crippen molar-refractivity contribution in [2.75, 3.05) is 20.2 Å². The first-order valence-corrected chi connectivity index (χ1v) is 7.35. The molecule has 0 aromatic heterocycles. The molecule has 0 bridgehead atoms. The van der Waals surface area contributed by atoms with Gasteiger partial charge in [0.25, 0.3) is 0 Å². The van der Waals surface area contributed by atoms with E-state index in [1.165, 1.54) is 0 Å². The van der Waals surface area contributed by atoms with Gasteiger partial charge in [-0.3, -0.25) is 0 Å². The Morgan fingerprint density at radius 1 is 1.10 bits per heavy atom. The molecule has 0 saturated carbocycles. The highest BCUT2D eigenvalue weighted by Gasteiger charge is 2.41. The molecule has 110 valence electrons. The Bertz CT molecular complexity index is 591. The van der Waals surface area contributed by atoms with Crippen molar-refractivity contribution in [2.45, 2.75) is 17.9 Å². The normalized spacial score (nSPS) is 23.0. The fraction of sp³-hybridized carbons (Fsp3) is 0.333. The first-order chi connectivity index (χ1) is 10.2. The molecule has 0 radical (unpaired) electrons. The van der Waals surface area contributed by atoms with Crippen molar-refractivity contribution >= 4 is 0 Å². The molecule has 0 amide bonds. The van der Waals surface area contributed by atoms with E-state index in [2.05, 4.69) is 23.5 Å². The van der Waals surface area contributed by atoms with E-state index in [1.54, 1.807) is 7.11 Å². The lowest BCUT2D eigenvalue weighted by atomic mass is 9.77. The van der Waals surface area contributed by atoms with E-state index in [0.29, 0.717) is 6.54 Å². The molecule has 0 spiro atoms. The lowest BCUT2D eigenvalue weighted by Crippen LogP contribution is -2.39. The fourth-order valence-electron chi connectivity index (χ4n) is 3.22. The van der Waals surface area contributed by atoms with Crippen LogP contribution in [0.4, 0.5) is 0 Å². The van der Waals surface area contributed by atoms with Gasteiger partial charge in [-0.2, -0.15) is 0 Å². The van der Waals surface area contributed by atoms with Crippen molar-refractivity contribution in [3.05, 3.63) is 65.7 Å². The van der Waals surface area contributed by atoms with Crippen LogP contribution in [0.25, 0.3) is 0 Å². The molecular weight excluding hydrogens is 262 g/mol. The molecule has 3 nitrogen and oxygen atoms in total. The minimum Gasteiger partial charge on any atom is -0.497 e. The summed E-state index contributed by atoms with van der Waals surface area (Å²) in [5.41, 5.74) is 1.47. The Kier molecular flexibility index (Phi) is 3.95. The minimum absolute atomic E-state index is 0.0520. The Labute approximate surface area is 125 Å². The van der Waals surface area contributed by atoms with Crippen LogP contribution in [0.1, 0.15) is 23.5 Å². The predicted octanol–water partition coefficient (Wildman–Crippen LogP) is 2.55. The lowest BCUT2D eigenvalue weighted by Gasteiger charge is -2.33. The predicted molar refractivity (Wildman–Crippen MR) is 83.7 cm³/mol. The zero-order valence-corrected chi connectivity index (χ0v) is 12.3. The third-order valence-corrected chi connectivity index (χ3v) is 4.26. The Morgan fingerprint density at radius 2 is 1.86 bits per heavy atom. The van der Waals surface area contributed by atoms with Crippen molar-refractivity contribution in [1.82, 2.24) is 5.32 Å². The Hall–Kier alpha value is -1.84. The van der Waals surface area contributed by atoms with E-state index in [1.807, 2.05) is 36.4 Å². The van der Waals surface area contributed by atoms with E-state index in [0.717, 1.165) is 29.8 Å². The van der Waals surface area contributed by atoms with Crippen molar-refractivity contribution < 1.29 is 9.84 Å². The number of nitrogens with one attached hydrogen (secondary N) is 1. The number of β-amino-alcohol motifs (C(OH)–C–C–N with tert-alkyl or cyclic N) is 1. The highest BCUT2D eigenvalue weighted by atomic mass is 16.5. The summed E-state index contributed by atoms with van der Waals surface area (Å²) in [5, 5.41) is 14.4. The van der Waals surface area contributed by atoms with Crippen LogP contribution in [0.2, 0.25) is 0 Å². The van der Waals surface area contributed by atoms with Crippen LogP contribution < -0.4 is 10.1 Å². The second kappa shape index (κ2) is 5.88. The largest absolute Gasteiger partial charge is 0.497 e. The molecule has 2 atom stereocenters. The molecule has 21 heavy (non-hydrogen) atoms. The Morgan fingerprint density at radius 3 is 2.52 bits per heavy atom. The maximum absolute atomic E-state index is 11.1. The van der Waals surface area contributed by atoms with Crippen LogP contribution in [0.3, 0.4) is 0 Å². The summed E-state index contributed by atoms with van der Waals surface area (Å²) in [5.74, 6) is 0.770. The van der Waals surface area contributed by atoms with Crippen LogP contribution in [0, 0.1) is 0 Å². The summed E-state index contributed by atoms with van der Waals surface area (Å²) in [7, 11) is 1.67. The standard InChI is InChI=1S/C18H21NO2/c1-21-16-9-5-8-15(12-16)17(14-6-3-2-4-7-14)18(20)10-11-19-13-18/h2-9,12,17,19-20H,10-11,13H2,1H3. The summed E-state index contributed by atoms with van der Waals surface area (Å²) >= 11 is 0. The molecule has 1 saturated heterocycles. The summed E-state index contributed by atoms with van der Waals surface area (Å²) in [6.07, 6.45) is 0.754. The summed E-state index contributed by atoms with van der Waals surface area (Å²) in [4.78, 5) is 0. The molecule has 2 N–H and O–H groups in total. The smallest absolute Gasteiger partial charge is 0.119 e. The molecule has 2 unspecified atom stereocenters. The van der Waals surface area contributed by atoms with E-state index in [9.17, 15) is 5.11 Å². The molecule has 2 aromatic rings. The first-order valence-electron chi connectivity index (χ1n) is 7.35. The minimum atomic E-state index is -0.756. The van der Waals surface area contributed by atoms with Crippen LogP contribution >= 0.6 is 0 Å². The number of ether oxygens (including phenoxy) is 1. The van der Waals surface area contributed by atoms with Crippen LogP contribution in [0.15, 0.2) is 54.6 Å². The maximum atomic E-state index is 11.1. The maximum Gasteiger partial charge on any atom is 0.119 e. The molecule has 3 rings (SSSR count). The quantitative estimate of drug-likeness (QED) is 0.906. The second-order valence-corrected chi connectivity index (χ2v) is 5.65. The molecule has 1 aliphatic rings. The number of hydrogen-bond donors (Lipinski definition) is 2. The highest BCUT2D eigenvalue weighted by Crippen LogP contribution is 2.39. The third-order valence-electron chi connectivity index (χ3n) is 4.26. The average molecular weight is 283 g/mol. The first kappa shape index (κ1) is 14.1. The van der Waals surface area contributed by atoms with Gasteiger partial charge in [0.15, 0.2) is 0 Å². The Balaban J connectivity index is 2.07. The fourth-order valence-corrected chi connectivity index (χ4v) is 3.22. The number of rotatable bonds is 4. The van der Waals surface area contributed by atoms with E-state index in [4.69, 9.17) is 4.74 Å². The van der Waals surface area contributed by atoms with Gasteiger partial charge in [0.1, 0.15) is 5.75 Å². The van der Waals surface area contributed by atoms with Gasteiger partial charge in [0.05, 0.1) is 12.7 Å². The molecule has 1 fully saturated rings. The van der Waals surface area contributed by atoms with Crippen molar-refractivity contribution in [3.8, 4) is 5.75 Å². The zero-order chi connectivity index (χ0) is 14.7. The van der Waals surface area contributed by atoms with Crippen molar-refractivity contribution in [1.29, 1.82) is 0 Å². The van der Waals surface area contributed by atoms with Crippen molar-refractivity contribution in [3.63, 3.8) is 0 Å². The second-order valence-electron chi connectivity index (χ2n) is 5.65. The highest BCUT2D eigenvalue weighted by molar-refractivity contribution is 5.40. The topological polar surface area (TPSA) is 41.5 Å². The zero-order valence-electron chi connectivity index (χ0n) is 12.3. The van der Waals surface area contributed by atoms with Crippen LogP contribution in [0.5, 0.6) is 5.75 Å². The van der Waals surface area contributed by atoms with E-state index >= 15 is 0 Å². The van der Waals surface area contributed by atoms with Gasteiger partial charge in [-0.1, -0.05) is 42.5 Å². The number of aliphatic hydroxyl groups is 1. The van der Waals surface area contributed by atoms with Gasteiger partial charge >= 0.3 is 0 Å². The SMILES string of the molecule is COc1cccc(C(c2ccccc2)C2(O)CCNC2)c1.